The number of aryl methyl sites for hydroxylation is 1. The summed E-state index contributed by atoms with van der Waals surface area (Å²) in [6.45, 7) is 2.27. The van der Waals surface area contributed by atoms with E-state index in [1.807, 2.05) is 31.2 Å². The highest BCUT2D eigenvalue weighted by Gasteiger charge is 2.04. The van der Waals surface area contributed by atoms with Gasteiger partial charge in [-0.25, -0.2) is 0 Å². The van der Waals surface area contributed by atoms with Crippen molar-refractivity contribution in [3.8, 4) is 11.5 Å². The molecule has 0 bridgehead atoms. The Labute approximate surface area is 120 Å². The first-order chi connectivity index (χ1) is 9.08. The molecule has 2 N–H and O–H groups in total. The second kappa shape index (κ2) is 5.93. The van der Waals surface area contributed by atoms with Crippen LogP contribution in [0.4, 0.5) is 5.69 Å². The molecule has 5 heteroatoms. The minimum atomic E-state index is 0.351. The second-order valence-corrected chi connectivity index (χ2v) is 5.03. The van der Waals surface area contributed by atoms with Crippen LogP contribution in [-0.2, 0) is 6.61 Å². The molecule has 0 aliphatic rings. The SMILES string of the molecule is COc1cc(C)nc(COc2ccc(Br)cc2N)c1. The molecule has 0 amide bonds. The third kappa shape index (κ3) is 3.61. The topological polar surface area (TPSA) is 57.4 Å². The van der Waals surface area contributed by atoms with Gasteiger partial charge in [-0.15, -0.1) is 0 Å². The van der Waals surface area contributed by atoms with Gasteiger partial charge in [0.05, 0.1) is 18.5 Å². The Hall–Kier alpha value is -1.75. The molecule has 1 aromatic heterocycles. The van der Waals surface area contributed by atoms with E-state index in [0.717, 1.165) is 21.6 Å². The van der Waals surface area contributed by atoms with Crippen LogP contribution in [0.25, 0.3) is 0 Å². The Morgan fingerprint density at radius 2 is 2.05 bits per heavy atom. The van der Waals surface area contributed by atoms with E-state index in [1.165, 1.54) is 0 Å². The third-order valence-corrected chi connectivity index (χ3v) is 3.06. The molecule has 19 heavy (non-hydrogen) atoms. The summed E-state index contributed by atoms with van der Waals surface area (Å²) >= 11 is 3.36. The van der Waals surface area contributed by atoms with Crippen LogP contribution in [-0.4, -0.2) is 12.1 Å². The van der Waals surface area contributed by atoms with Gasteiger partial charge in [-0.1, -0.05) is 15.9 Å². The number of anilines is 1. The number of pyridine rings is 1. The smallest absolute Gasteiger partial charge is 0.142 e. The van der Waals surface area contributed by atoms with Crippen molar-refractivity contribution in [1.29, 1.82) is 0 Å². The Kier molecular flexibility index (Phi) is 4.27. The van der Waals surface area contributed by atoms with Crippen molar-refractivity contribution in [2.45, 2.75) is 13.5 Å². The maximum absolute atomic E-state index is 5.87. The highest BCUT2D eigenvalue weighted by atomic mass is 79.9. The molecule has 0 atom stereocenters. The summed E-state index contributed by atoms with van der Waals surface area (Å²) in [5.41, 5.74) is 8.16. The summed E-state index contributed by atoms with van der Waals surface area (Å²) in [6, 6.07) is 9.24. The first-order valence-electron chi connectivity index (χ1n) is 5.78. The molecule has 0 radical (unpaired) electrons. The van der Waals surface area contributed by atoms with E-state index in [9.17, 15) is 0 Å². The fraction of sp³-hybridized carbons (Fsp3) is 0.214. The minimum absolute atomic E-state index is 0.351. The van der Waals surface area contributed by atoms with Crippen molar-refractivity contribution in [3.05, 3.63) is 46.2 Å². The summed E-state index contributed by atoms with van der Waals surface area (Å²) in [5.74, 6) is 1.42. The molecule has 4 nitrogen and oxygen atoms in total. The van der Waals surface area contributed by atoms with Gasteiger partial charge >= 0.3 is 0 Å². The number of nitrogens with zero attached hydrogens (tertiary/aromatic N) is 1. The van der Waals surface area contributed by atoms with Crippen molar-refractivity contribution >= 4 is 21.6 Å². The molecule has 0 aliphatic carbocycles. The Balaban J connectivity index is 2.12. The van der Waals surface area contributed by atoms with Crippen LogP contribution in [0.15, 0.2) is 34.8 Å². The van der Waals surface area contributed by atoms with Crippen LogP contribution >= 0.6 is 15.9 Å². The van der Waals surface area contributed by atoms with Crippen LogP contribution in [0, 0.1) is 6.92 Å². The zero-order valence-electron chi connectivity index (χ0n) is 10.8. The molecular formula is C14H15BrN2O2. The van der Waals surface area contributed by atoms with Crippen molar-refractivity contribution in [2.75, 3.05) is 12.8 Å². The lowest BCUT2D eigenvalue weighted by Gasteiger charge is -2.10. The number of ether oxygens (including phenoxy) is 2. The van der Waals surface area contributed by atoms with Crippen LogP contribution in [0.1, 0.15) is 11.4 Å². The van der Waals surface area contributed by atoms with Crippen LogP contribution in [0.3, 0.4) is 0 Å². The van der Waals surface area contributed by atoms with Gasteiger partial charge in [0.2, 0.25) is 0 Å². The van der Waals surface area contributed by atoms with Gasteiger partial charge in [0.1, 0.15) is 18.1 Å². The third-order valence-electron chi connectivity index (χ3n) is 2.56. The molecule has 0 fully saturated rings. The molecule has 1 aromatic carbocycles. The summed E-state index contributed by atoms with van der Waals surface area (Å²) < 4.78 is 11.8. The quantitative estimate of drug-likeness (QED) is 0.877. The van der Waals surface area contributed by atoms with E-state index in [2.05, 4.69) is 20.9 Å². The van der Waals surface area contributed by atoms with Gasteiger partial charge in [-0.3, -0.25) is 4.98 Å². The highest BCUT2D eigenvalue weighted by molar-refractivity contribution is 9.10. The maximum Gasteiger partial charge on any atom is 0.142 e. The average Bonchev–Trinajstić information content (AvgIpc) is 2.37. The van der Waals surface area contributed by atoms with E-state index < -0.39 is 0 Å². The molecule has 2 aromatic rings. The second-order valence-electron chi connectivity index (χ2n) is 4.11. The standard InChI is InChI=1S/C14H15BrN2O2/c1-9-5-12(18-2)7-11(17-9)8-19-14-4-3-10(15)6-13(14)16/h3-7H,8,16H2,1-2H3. The molecule has 1 heterocycles. The first-order valence-corrected chi connectivity index (χ1v) is 6.57. The number of hydrogen-bond donors (Lipinski definition) is 1. The molecule has 0 unspecified atom stereocenters. The number of methoxy groups -OCH3 is 1. The van der Waals surface area contributed by atoms with E-state index in [-0.39, 0.29) is 0 Å². The Morgan fingerprint density at radius 3 is 2.74 bits per heavy atom. The van der Waals surface area contributed by atoms with Gasteiger partial charge in [-0.05, 0) is 25.1 Å². The van der Waals surface area contributed by atoms with Crippen LogP contribution in [0.5, 0.6) is 11.5 Å². The van der Waals surface area contributed by atoms with Crippen LogP contribution < -0.4 is 15.2 Å². The van der Waals surface area contributed by atoms with Crippen molar-refractivity contribution in [3.63, 3.8) is 0 Å². The van der Waals surface area contributed by atoms with Gasteiger partial charge in [-0.2, -0.15) is 0 Å². The number of nitrogen functional groups attached to an aromatic ring is 1. The summed E-state index contributed by atoms with van der Waals surface area (Å²) in [7, 11) is 1.63. The molecular weight excluding hydrogens is 308 g/mol. The number of hydrogen-bond acceptors (Lipinski definition) is 4. The average molecular weight is 323 g/mol. The monoisotopic (exact) mass is 322 g/mol. The van der Waals surface area contributed by atoms with E-state index in [1.54, 1.807) is 13.2 Å². The molecule has 2 rings (SSSR count). The van der Waals surface area contributed by atoms with Crippen LogP contribution in [0.2, 0.25) is 0 Å². The summed E-state index contributed by atoms with van der Waals surface area (Å²) in [4.78, 5) is 4.39. The molecule has 0 spiro atoms. The Bertz CT molecular complexity index is 588. The minimum Gasteiger partial charge on any atom is -0.497 e. The number of halogens is 1. The van der Waals surface area contributed by atoms with Crippen molar-refractivity contribution < 1.29 is 9.47 Å². The lowest BCUT2D eigenvalue weighted by atomic mass is 10.3. The van der Waals surface area contributed by atoms with Crippen molar-refractivity contribution in [2.24, 2.45) is 0 Å². The predicted octanol–water partition coefficient (Wildman–Crippen LogP) is 3.32. The number of benzene rings is 1. The van der Waals surface area contributed by atoms with Gasteiger partial charge in [0.25, 0.3) is 0 Å². The number of rotatable bonds is 4. The molecule has 0 saturated heterocycles. The molecule has 0 saturated carbocycles. The van der Waals surface area contributed by atoms with Gasteiger partial charge < -0.3 is 15.2 Å². The number of nitrogens with two attached hydrogens (primary N) is 1. The lowest BCUT2D eigenvalue weighted by Crippen LogP contribution is -2.02. The summed E-state index contributed by atoms with van der Waals surface area (Å²) in [5, 5.41) is 0. The molecule has 100 valence electrons. The zero-order valence-corrected chi connectivity index (χ0v) is 12.4. The van der Waals surface area contributed by atoms with E-state index in [0.29, 0.717) is 18.0 Å². The fourth-order valence-corrected chi connectivity index (χ4v) is 2.08. The van der Waals surface area contributed by atoms with E-state index in [4.69, 9.17) is 15.2 Å². The zero-order chi connectivity index (χ0) is 13.8. The molecule has 0 aliphatic heterocycles. The van der Waals surface area contributed by atoms with Gasteiger partial charge in [0.15, 0.2) is 0 Å². The van der Waals surface area contributed by atoms with Crippen molar-refractivity contribution in [1.82, 2.24) is 4.98 Å². The van der Waals surface area contributed by atoms with Gasteiger partial charge in [0, 0.05) is 22.3 Å². The van der Waals surface area contributed by atoms with E-state index >= 15 is 0 Å². The highest BCUT2D eigenvalue weighted by Crippen LogP contribution is 2.26. The summed E-state index contributed by atoms with van der Waals surface area (Å²) in [6.07, 6.45) is 0. The predicted molar refractivity (Wildman–Crippen MR) is 78.4 cm³/mol. The maximum atomic E-state index is 5.87. The largest absolute Gasteiger partial charge is 0.497 e. The Morgan fingerprint density at radius 1 is 1.26 bits per heavy atom. The lowest BCUT2D eigenvalue weighted by molar-refractivity contribution is 0.301. The normalized spacial score (nSPS) is 10.3. The fourth-order valence-electron chi connectivity index (χ4n) is 1.70. The number of aromatic nitrogens is 1. The first kappa shape index (κ1) is 13.7.